The minimum absolute atomic E-state index is 0.242. The number of hydrogen-bond acceptors (Lipinski definition) is 5. The Bertz CT molecular complexity index is 475. The molecule has 1 aromatic heterocycles. The molecule has 2 aliphatic heterocycles. The van der Waals surface area contributed by atoms with E-state index >= 15 is 0 Å². The quantitative estimate of drug-likeness (QED) is 0.863. The zero-order chi connectivity index (χ0) is 13.3. The van der Waals surface area contributed by atoms with Crippen molar-refractivity contribution in [3.8, 4) is 0 Å². The first kappa shape index (κ1) is 12.4. The maximum absolute atomic E-state index is 11.2. The molecule has 0 aromatic carbocycles. The van der Waals surface area contributed by atoms with E-state index in [0.29, 0.717) is 13.2 Å². The summed E-state index contributed by atoms with van der Waals surface area (Å²) >= 11 is 0. The fourth-order valence-electron chi connectivity index (χ4n) is 2.70. The number of pyridine rings is 1. The van der Waals surface area contributed by atoms with Gasteiger partial charge in [-0.25, -0.2) is 4.79 Å². The van der Waals surface area contributed by atoms with Crippen LogP contribution in [0.4, 0.5) is 5.69 Å². The van der Waals surface area contributed by atoms with E-state index in [-0.39, 0.29) is 5.56 Å². The molecule has 0 saturated carbocycles. The third-order valence-electron chi connectivity index (χ3n) is 3.71. The fraction of sp³-hybridized carbons (Fsp3) is 0.538. The number of hydrogen-bond donors (Lipinski definition) is 1. The van der Waals surface area contributed by atoms with Crippen LogP contribution in [0.1, 0.15) is 23.2 Å². The van der Waals surface area contributed by atoms with Crippen LogP contribution in [0.3, 0.4) is 0 Å². The Balaban J connectivity index is 1.76. The molecule has 2 saturated heterocycles. The van der Waals surface area contributed by atoms with Gasteiger partial charge in [-0.2, -0.15) is 0 Å². The molecule has 2 aliphatic rings. The molecule has 102 valence electrons. The lowest BCUT2D eigenvalue weighted by Gasteiger charge is -2.39. The molecule has 2 fully saturated rings. The zero-order valence-electron chi connectivity index (χ0n) is 10.5. The molecule has 0 atom stereocenters. The first-order chi connectivity index (χ1) is 9.20. The van der Waals surface area contributed by atoms with Gasteiger partial charge in [0.15, 0.2) is 5.79 Å². The normalized spacial score (nSPS) is 21.8. The first-order valence-corrected chi connectivity index (χ1v) is 6.40. The van der Waals surface area contributed by atoms with Gasteiger partial charge in [-0.1, -0.05) is 0 Å². The number of anilines is 1. The average Bonchev–Trinajstić information content (AvgIpc) is 2.88. The van der Waals surface area contributed by atoms with Gasteiger partial charge in [0.25, 0.3) is 0 Å². The highest BCUT2D eigenvalue weighted by Gasteiger charge is 2.40. The van der Waals surface area contributed by atoms with E-state index < -0.39 is 11.8 Å². The molecule has 0 unspecified atom stereocenters. The Kier molecular flexibility index (Phi) is 3.12. The Morgan fingerprint density at radius 2 is 2.00 bits per heavy atom. The molecule has 1 spiro atoms. The zero-order valence-corrected chi connectivity index (χ0v) is 10.5. The van der Waals surface area contributed by atoms with Gasteiger partial charge in [-0.15, -0.1) is 0 Å². The van der Waals surface area contributed by atoms with E-state index in [1.54, 1.807) is 12.3 Å². The summed E-state index contributed by atoms with van der Waals surface area (Å²) in [7, 11) is 0. The van der Waals surface area contributed by atoms with E-state index in [9.17, 15) is 9.90 Å². The van der Waals surface area contributed by atoms with Crippen LogP contribution in [-0.4, -0.2) is 48.2 Å². The second kappa shape index (κ2) is 4.79. The predicted octanol–water partition coefficient (Wildman–Crippen LogP) is 1.12. The van der Waals surface area contributed by atoms with Gasteiger partial charge in [0.1, 0.15) is 5.56 Å². The van der Waals surface area contributed by atoms with Crippen molar-refractivity contribution in [3.63, 3.8) is 0 Å². The van der Waals surface area contributed by atoms with Crippen molar-refractivity contribution in [1.82, 2.24) is 4.98 Å². The molecular formula is C13H16N2O4. The number of aromatic carboxylic acids is 1. The number of piperidine rings is 1. The van der Waals surface area contributed by atoms with E-state index in [2.05, 4.69) is 9.88 Å². The predicted molar refractivity (Wildman–Crippen MR) is 67.3 cm³/mol. The Hall–Kier alpha value is -1.66. The van der Waals surface area contributed by atoms with Gasteiger partial charge < -0.3 is 19.5 Å². The maximum atomic E-state index is 11.2. The number of carboxylic acid groups (broad SMARTS) is 1. The van der Waals surface area contributed by atoms with Gasteiger partial charge in [-0.05, 0) is 6.07 Å². The highest BCUT2D eigenvalue weighted by molar-refractivity contribution is 5.94. The topological polar surface area (TPSA) is 71.9 Å². The van der Waals surface area contributed by atoms with Gasteiger partial charge in [0.05, 0.1) is 18.9 Å². The summed E-state index contributed by atoms with van der Waals surface area (Å²) in [6.07, 6.45) is 4.53. The third kappa shape index (κ3) is 2.29. The molecule has 1 aromatic rings. The summed E-state index contributed by atoms with van der Waals surface area (Å²) in [5.41, 5.74) is 0.960. The lowest BCUT2D eigenvalue weighted by Crippen LogP contribution is -2.45. The smallest absolute Gasteiger partial charge is 0.339 e. The lowest BCUT2D eigenvalue weighted by atomic mass is 10.0. The van der Waals surface area contributed by atoms with Crippen molar-refractivity contribution < 1.29 is 19.4 Å². The molecule has 3 heterocycles. The third-order valence-corrected chi connectivity index (χ3v) is 3.71. The van der Waals surface area contributed by atoms with Crippen LogP contribution < -0.4 is 4.90 Å². The molecule has 0 radical (unpaired) electrons. The van der Waals surface area contributed by atoms with Crippen LogP contribution in [0, 0.1) is 0 Å². The average molecular weight is 264 g/mol. The number of carbonyl (C=O) groups is 1. The highest BCUT2D eigenvalue weighted by atomic mass is 16.7. The number of ether oxygens (including phenoxy) is 2. The summed E-state index contributed by atoms with van der Waals surface area (Å²) < 4.78 is 11.3. The maximum Gasteiger partial charge on any atom is 0.339 e. The summed E-state index contributed by atoms with van der Waals surface area (Å²) in [6, 6.07) is 1.75. The van der Waals surface area contributed by atoms with Crippen LogP contribution in [-0.2, 0) is 9.47 Å². The Labute approximate surface area is 111 Å². The van der Waals surface area contributed by atoms with Crippen molar-refractivity contribution in [2.75, 3.05) is 31.2 Å². The monoisotopic (exact) mass is 264 g/mol. The standard InChI is InChI=1S/C13H16N2O4/c16-12(17)10-9-14-4-1-11(10)15-5-2-13(3-6-15)18-7-8-19-13/h1,4,9H,2-3,5-8H2,(H,16,17). The SMILES string of the molecule is O=C(O)c1cnccc1N1CCC2(CC1)OCCO2. The van der Waals surface area contributed by atoms with Crippen LogP contribution in [0.2, 0.25) is 0 Å². The highest BCUT2D eigenvalue weighted by Crippen LogP contribution is 2.33. The van der Waals surface area contributed by atoms with Gasteiger partial charge >= 0.3 is 5.97 Å². The summed E-state index contributed by atoms with van der Waals surface area (Å²) in [6.45, 7) is 2.75. The van der Waals surface area contributed by atoms with Crippen molar-refractivity contribution in [2.45, 2.75) is 18.6 Å². The summed E-state index contributed by atoms with van der Waals surface area (Å²) in [4.78, 5) is 17.1. The fourth-order valence-corrected chi connectivity index (χ4v) is 2.70. The van der Waals surface area contributed by atoms with Crippen LogP contribution >= 0.6 is 0 Å². The van der Waals surface area contributed by atoms with Crippen molar-refractivity contribution in [2.24, 2.45) is 0 Å². The van der Waals surface area contributed by atoms with Crippen molar-refractivity contribution in [1.29, 1.82) is 0 Å². The Morgan fingerprint density at radius 3 is 2.63 bits per heavy atom. The van der Waals surface area contributed by atoms with E-state index in [1.165, 1.54) is 6.20 Å². The van der Waals surface area contributed by atoms with Crippen LogP contribution in [0.25, 0.3) is 0 Å². The van der Waals surface area contributed by atoms with Crippen molar-refractivity contribution >= 4 is 11.7 Å². The van der Waals surface area contributed by atoms with E-state index in [0.717, 1.165) is 31.6 Å². The number of aromatic nitrogens is 1. The second-order valence-electron chi connectivity index (χ2n) is 4.79. The Morgan fingerprint density at radius 1 is 1.32 bits per heavy atom. The van der Waals surface area contributed by atoms with E-state index in [4.69, 9.17) is 9.47 Å². The van der Waals surface area contributed by atoms with Gasteiger partial charge in [0, 0.05) is 38.3 Å². The number of carboxylic acids is 1. The van der Waals surface area contributed by atoms with Crippen LogP contribution in [0.5, 0.6) is 0 Å². The van der Waals surface area contributed by atoms with Gasteiger partial charge in [0.2, 0.25) is 0 Å². The molecule has 0 bridgehead atoms. The molecule has 19 heavy (non-hydrogen) atoms. The minimum atomic E-state index is -0.947. The molecule has 1 N–H and O–H groups in total. The minimum Gasteiger partial charge on any atom is -0.478 e. The molecule has 0 aliphatic carbocycles. The lowest BCUT2D eigenvalue weighted by molar-refractivity contribution is -0.169. The second-order valence-corrected chi connectivity index (χ2v) is 4.79. The van der Waals surface area contributed by atoms with Gasteiger partial charge in [-0.3, -0.25) is 4.98 Å². The van der Waals surface area contributed by atoms with E-state index in [1.807, 2.05) is 0 Å². The number of nitrogens with zero attached hydrogens (tertiary/aromatic N) is 2. The first-order valence-electron chi connectivity index (χ1n) is 6.40. The molecule has 6 heteroatoms. The van der Waals surface area contributed by atoms with Crippen LogP contribution in [0.15, 0.2) is 18.5 Å². The molecule has 0 amide bonds. The summed E-state index contributed by atoms with van der Waals surface area (Å²) in [5, 5.41) is 9.19. The number of rotatable bonds is 2. The summed E-state index contributed by atoms with van der Waals surface area (Å²) in [5.74, 6) is -1.39. The largest absolute Gasteiger partial charge is 0.478 e. The molecule has 6 nitrogen and oxygen atoms in total. The van der Waals surface area contributed by atoms with Crippen molar-refractivity contribution in [3.05, 3.63) is 24.0 Å². The molecular weight excluding hydrogens is 248 g/mol. The molecule has 3 rings (SSSR count).